The van der Waals surface area contributed by atoms with Crippen LogP contribution in [0.4, 0.5) is 5.69 Å². The summed E-state index contributed by atoms with van der Waals surface area (Å²) in [5.74, 6) is 0.877. The summed E-state index contributed by atoms with van der Waals surface area (Å²) in [6.45, 7) is 6.33. The molecule has 0 amide bonds. The van der Waals surface area contributed by atoms with Crippen molar-refractivity contribution in [1.82, 2.24) is 4.98 Å². The molecule has 0 spiro atoms. The molecule has 0 bridgehead atoms. The van der Waals surface area contributed by atoms with Crippen molar-refractivity contribution in [1.29, 1.82) is 0 Å². The molecule has 1 aromatic heterocycles. The molecule has 0 saturated carbocycles. The van der Waals surface area contributed by atoms with E-state index in [4.69, 9.17) is 9.72 Å². The number of aryl methyl sites for hydroxylation is 2. The van der Waals surface area contributed by atoms with Crippen LogP contribution in [0.5, 0.6) is 5.75 Å². The molecule has 3 nitrogen and oxygen atoms in total. The summed E-state index contributed by atoms with van der Waals surface area (Å²) in [5, 5.41) is 4.42. The Balaban J connectivity index is 2.88. The largest absolute Gasteiger partial charge is 0.497 e. The number of ether oxygens (including phenoxy) is 1. The van der Waals surface area contributed by atoms with E-state index in [2.05, 4.69) is 26.1 Å². The molecule has 0 radical (unpaired) electrons. The highest BCUT2D eigenvalue weighted by Gasteiger charge is 2.12. The molecule has 1 N–H and O–H groups in total. The summed E-state index contributed by atoms with van der Waals surface area (Å²) in [6, 6.07) is 4.08. The topological polar surface area (TPSA) is 34.1 Å². The average Bonchev–Trinajstić information content (AvgIpc) is 2.38. The minimum absolute atomic E-state index is 0.877. The predicted octanol–water partition coefficient (Wildman–Crippen LogP) is 3.46. The molecule has 3 heteroatoms. The Morgan fingerprint density at radius 3 is 2.56 bits per heavy atom. The van der Waals surface area contributed by atoms with E-state index < -0.39 is 0 Å². The van der Waals surface area contributed by atoms with E-state index in [0.29, 0.717) is 0 Å². The summed E-state index contributed by atoms with van der Waals surface area (Å²) in [5.41, 5.74) is 5.73. The third-order valence-corrected chi connectivity index (χ3v) is 3.42. The van der Waals surface area contributed by atoms with Gasteiger partial charge in [0.2, 0.25) is 0 Å². The first-order chi connectivity index (χ1) is 8.62. The van der Waals surface area contributed by atoms with Crippen molar-refractivity contribution >= 4 is 16.6 Å². The van der Waals surface area contributed by atoms with Crippen LogP contribution in [0.15, 0.2) is 12.1 Å². The van der Waals surface area contributed by atoms with Crippen LogP contribution >= 0.6 is 0 Å². The fourth-order valence-electron chi connectivity index (χ4n) is 2.43. The maximum atomic E-state index is 5.34. The zero-order valence-corrected chi connectivity index (χ0v) is 11.7. The molecule has 96 valence electrons. The molecule has 1 heterocycles. The smallest absolute Gasteiger partial charge is 0.119 e. The zero-order valence-electron chi connectivity index (χ0n) is 11.7. The van der Waals surface area contributed by atoms with Gasteiger partial charge in [0.25, 0.3) is 0 Å². The maximum absolute atomic E-state index is 5.34. The lowest BCUT2D eigenvalue weighted by atomic mass is 10.0. The van der Waals surface area contributed by atoms with E-state index in [1.54, 1.807) is 7.11 Å². The van der Waals surface area contributed by atoms with Crippen LogP contribution in [-0.2, 0) is 6.42 Å². The summed E-state index contributed by atoms with van der Waals surface area (Å²) in [4.78, 5) is 4.78. The van der Waals surface area contributed by atoms with Gasteiger partial charge in [-0.3, -0.25) is 4.98 Å². The van der Waals surface area contributed by atoms with Crippen molar-refractivity contribution in [3.8, 4) is 5.75 Å². The number of fused-ring (bicyclic) bond motifs is 1. The van der Waals surface area contributed by atoms with Gasteiger partial charge in [-0.1, -0.05) is 6.92 Å². The van der Waals surface area contributed by atoms with E-state index in [0.717, 1.165) is 40.0 Å². The minimum Gasteiger partial charge on any atom is -0.497 e. The highest BCUT2D eigenvalue weighted by atomic mass is 16.5. The summed E-state index contributed by atoms with van der Waals surface area (Å²) in [7, 11) is 3.65. The van der Waals surface area contributed by atoms with E-state index in [1.165, 1.54) is 5.56 Å². The first-order valence-electron chi connectivity index (χ1n) is 6.27. The molecule has 0 atom stereocenters. The van der Waals surface area contributed by atoms with Gasteiger partial charge >= 0.3 is 0 Å². The number of nitrogens with one attached hydrogen (secondary N) is 1. The van der Waals surface area contributed by atoms with Crippen molar-refractivity contribution < 1.29 is 4.74 Å². The Hall–Kier alpha value is -1.77. The number of methoxy groups -OCH3 is 1. The minimum atomic E-state index is 0.877. The SMILES string of the molecule is CCc1nc2c(C)cc(OC)cc2c(NC)c1C. The maximum Gasteiger partial charge on any atom is 0.119 e. The Labute approximate surface area is 108 Å². The van der Waals surface area contributed by atoms with Crippen LogP contribution < -0.4 is 10.1 Å². The van der Waals surface area contributed by atoms with Gasteiger partial charge in [-0.25, -0.2) is 0 Å². The van der Waals surface area contributed by atoms with Crippen LogP contribution in [0.3, 0.4) is 0 Å². The number of anilines is 1. The van der Waals surface area contributed by atoms with Crippen molar-refractivity contribution in [2.45, 2.75) is 27.2 Å². The molecule has 2 rings (SSSR count). The van der Waals surface area contributed by atoms with Crippen LogP contribution in [0.1, 0.15) is 23.7 Å². The summed E-state index contributed by atoms with van der Waals surface area (Å²) < 4.78 is 5.34. The molecule has 0 fully saturated rings. The predicted molar refractivity (Wildman–Crippen MR) is 76.7 cm³/mol. The third kappa shape index (κ3) is 1.90. The molecule has 0 aliphatic rings. The lowest BCUT2D eigenvalue weighted by Gasteiger charge is -2.15. The van der Waals surface area contributed by atoms with Gasteiger partial charge in [0.05, 0.1) is 12.6 Å². The Morgan fingerprint density at radius 1 is 1.28 bits per heavy atom. The third-order valence-electron chi connectivity index (χ3n) is 3.42. The Kier molecular flexibility index (Phi) is 3.41. The van der Waals surface area contributed by atoms with Crippen LogP contribution in [0.2, 0.25) is 0 Å². The first kappa shape index (κ1) is 12.7. The molecule has 0 aliphatic heterocycles. The van der Waals surface area contributed by atoms with E-state index >= 15 is 0 Å². The second kappa shape index (κ2) is 4.84. The highest BCUT2D eigenvalue weighted by Crippen LogP contribution is 2.32. The molecule has 2 aromatic rings. The van der Waals surface area contributed by atoms with Gasteiger partial charge in [-0.2, -0.15) is 0 Å². The second-order valence-electron chi connectivity index (χ2n) is 4.50. The van der Waals surface area contributed by atoms with Gasteiger partial charge in [0, 0.05) is 23.8 Å². The van der Waals surface area contributed by atoms with E-state index in [1.807, 2.05) is 19.2 Å². The lowest BCUT2D eigenvalue weighted by Crippen LogP contribution is -2.02. The number of hydrogen-bond acceptors (Lipinski definition) is 3. The number of rotatable bonds is 3. The van der Waals surface area contributed by atoms with Crippen LogP contribution in [-0.4, -0.2) is 19.1 Å². The Morgan fingerprint density at radius 2 is 2.00 bits per heavy atom. The number of nitrogens with zero attached hydrogens (tertiary/aromatic N) is 1. The average molecular weight is 244 g/mol. The van der Waals surface area contributed by atoms with Crippen LogP contribution in [0.25, 0.3) is 10.9 Å². The molecule has 0 aliphatic carbocycles. The van der Waals surface area contributed by atoms with Gasteiger partial charge in [-0.15, -0.1) is 0 Å². The molecule has 0 unspecified atom stereocenters. The van der Waals surface area contributed by atoms with Crippen LogP contribution in [0, 0.1) is 13.8 Å². The molecule has 1 aromatic carbocycles. The first-order valence-corrected chi connectivity index (χ1v) is 6.27. The number of pyridine rings is 1. The van der Waals surface area contributed by atoms with E-state index in [-0.39, 0.29) is 0 Å². The molecular weight excluding hydrogens is 224 g/mol. The monoisotopic (exact) mass is 244 g/mol. The van der Waals surface area contributed by atoms with Crippen molar-refractivity contribution in [2.75, 3.05) is 19.5 Å². The van der Waals surface area contributed by atoms with Gasteiger partial charge < -0.3 is 10.1 Å². The van der Waals surface area contributed by atoms with Gasteiger partial charge in [0.15, 0.2) is 0 Å². The Bertz CT molecular complexity index is 591. The fourth-order valence-corrected chi connectivity index (χ4v) is 2.43. The summed E-state index contributed by atoms with van der Waals surface area (Å²) >= 11 is 0. The van der Waals surface area contributed by atoms with Crippen molar-refractivity contribution in [3.05, 3.63) is 29.0 Å². The lowest BCUT2D eigenvalue weighted by molar-refractivity contribution is 0.415. The quantitative estimate of drug-likeness (QED) is 0.897. The number of hydrogen-bond donors (Lipinski definition) is 1. The van der Waals surface area contributed by atoms with Gasteiger partial charge in [-0.05, 0) is 43.5 Å². The number of aromatic nitrogens is 1. The molecule has 18 heavy (non-hydrogen) atoms. The summed E-state index contributed by atoms with van der Waals surface area (Å²) in [6.07, 6.45) is 0.946. The van der Waals surface area contributed by atoms with Gasteiger partial charge in [0.1, 0.15) is 5.75 Å². The number of benzene rings is 1. The second-order valence-corrected chi connectivity index (χ2v) is 4.50. The highest BCUT2D eigenvalue weighted by molar-refractivity contribution is 5.96. The fraction of sp³-hybridized carbons (Fsp3) is 0.400. The normalized spacial score (nSPS) is 10.7. The van der Waals surface area contributed by atoms with Crippen molar-refractivity contribution in [3.63, 3.8) is 0 Å². The van der Waals surface area contributed by atoms with E-state index in [9.17, 15) is 0 Å². The standard InChI is InChI=1S/C15H20N2O/c1-6-13-10(3)15(16-4)12-8-11(18-5)7-9(2)14(12)17-13/h7-8H,6H2,1-5H3,(H,16,17). The van der Waals surface area contributed by atoms with Crippen molar-refractivity contribution in [2.24, 2.45) is 0 Å². The molecule has 0 saturated heterocycles. The molecular formula is C15H20N2O. The zero-order chi connectivity index (χ0) is 13.3.